The van der Waals surface area contributed by atoms with E-state index in [1.54, 1.807) is 17.8 Å². The topological polar surface area (TPSA) is 38.3 Å². The maximum atomic E-state index is 12.4. The minimum absolute atomic E-state index is 0.170. The molecule has 0 aromatic heterocycles. The zero-order chi connectivity index (χ0) is 19.8. The fraction of sp³-hybridized carbons (Fsp3) is 0.174. The molecule has 1 amide bonds. The number of rotatable bonds is 8. The number of halogens is 1. The molecule has 0 atom stereocenters. The minimum atomic E-state index is -0.170. The predicted molar refractivity (Wildman–Crippen MR) is 116 cm³/mol. The lowest BCUT2D eigenvalue weighted by molar-refractivity contribution is 0.0950. The van der Waals surface area contributed by atoms with Crippen molar-refractivity contribution in [2.45, 2.75) is 24.7 Å². The van der Waals surface area contributed by atoms with E-state index >= 15 is 0 Å². The molecule has 3 nitrogen and oxygen atoms in total. The van der Waals surface area contributed by atoms with Crippen molar-refractivity contribution in [3.05, 3.63) is 100 Å². The average Bonchev–Trinajstić information content (AvgIpc) is 2.74. The van der Waals surface area contributed by atoms with Crippen LogP contribution < -0.4 is 5.32 Å². The molecule has 3 aromatic carbocycles. The van der Waals surface area contributed by atoms with E-state index in [-0.39, 0.29) is 5.91 Å². The Morgan fingerprint density at radius 2 is 1.57 bits per heavy atom. The lowest BCUT2D eigenvalue weighted by Crippen LogP contribution is -2.23. The molecule has 0 saturated heterocycles. The van der Waals surface area contributed by atoms with Crippen molar-refractivity contribution < 1.29 is 9.53 Å². The average molecular weight is 412 g/mol. The first-order valence-electron chi connectivity index (χ1n) is 8.97. The molecule has 0 bridgehead atoms. The van der Waals surface area contributed by atoms with Crippen LogP contribution in [0.2, 0.25) is 5.02 Å². The molecule has 0 heterocycles. The summed E-state index contributed by atoms with van der Waals surface area (Å²) >= 11 is 7.74. The van der Waals surface area contributed by atoms with Crippen LogP contribution in [-0.2, 0) is 24.5 Å². The van der Waals surface area contributed by atoms with Crippen LogP contribution in [0, 0.1) is 0 Å². The molecular weight excluding hydrogens is 390 g/mol. The van der Waals surface area contributed by atoms with Crippen molar-refractivity contribution in [2.75, 3.05) is 6.26 Å². The van der Waals surface area contributed by atoms with Crippen LogP contribution in [0.5, 0.6) is 0 Å². The molecule has 144 valence electrons. The Kier molecular flexibility index (Phi) is 7.54. The van der Waals surface area contributed by atoms with Crippen molar-refractivity contribution in [1.82, 2.24) is 5.32 Å². The van der Waals surface area contributed by atoms with E-state index in [0.29, 0.717) is 30.3 Å². The maximum Gasteiger partial charge on any atom is 0.253 e. The molecule has 28 heavy (non-hydrogen) atoms. The SMILES string of the molecule is CSc1ccc(Cl)c(C(=O)NCc2ccc(COCc3ccccc3)cc2)c1. The van der Waals surface area contributed by atoms with Gasteiger partial charge in [0.1, 0.15) is 0 Å². The van der Waals surface area contributed by atoms with E-state index in [1.807, 2.05) is 73.0 Å². The first-order valence-corrected chi connectivity index (χ1v) is 10.6. The van der Waals surface area contributed by atoms with E-state index in [0.717, 1.165) is 21.6 Å². The fourth-order valence-corrected chi connectivity index (χ4v) is 3.34. The quantitative estimate of drug-likeness (QED) is 0.482. The van der Waals surface area contributed by atoms with Gasteiger partial charge in [-0.1, -0.05) is 66.2 Å². The van der Waals surface area contributed by atoms with Gasteiger partial charge >= 0.3 is 0 Å². The summed E-state index contributed by atoms with van der Waals surface area (Å²) in [6.07, 6.45) is 1.97. The molecule has 3 rings (SSSR count). The van der Waals surface area contributed by atoms with Gasteiger partial charge in [0.2, 0.25) is 0 Å². The van der Waals surface area contributed by atoms with Crippen LogP contribution in [0.3, 0.4) is 0 Å². The number of carbonyl (C=O) groups is 1. The number of nitrogens with one attached hydrogen (secondary N) is 1. The molecule has 0 aliphatic rings. The molecule has 5 heteroatoms. The van der Waals surface area contributed by atoms with Gasteiger partial charge in [0.05, 0.1) is 23.8 Å². The normalized spacial score (nSPS) is 10.6. The number of thioether (sulfide) groups is 1. The molecule has 3 aromatic rings. The Hall–Kier alpha value is -2.27. The van der Waals surface area contributed by atoms with Gasteiger partial charge in [0.25, 0.3) is 5.91 Å². The summed E-state index contributed by atoms with van der Waals surface area (Å²) in [5.74, 6) is -0.170. The summed E-state index contributed by atoms with van der Waals surface area (Å²) in [6, 6.07) is 23.6. The third kappa shape index (κ3) is 5.86. The zero-order valence-corrected chi connectivity index (χ0v) is 17.2. The number of benzene rings is 3. The highest BCUT2D eigenvalue weighted by Gasteiger charge is 2.11. The van der Waals surface area contributed by atoms with Crippen molar-refractivity contribution in [3.63, 3.8) is 0 Å². The summed E-state index contributed by atoms with van der Waals surface area (Å²) in [5, 5.41) is 3.39. The fourth-order valence-electron chi connectivity index (χ4n) is 2.70. The Morgan fingerprint density at radius 3 is 2.25 bits per heavy atom. The molecule has 0 fully saturated rings. The molecule has 0 aliphatic carbocycles. The lowest BCUT2D eigenvalue weighted by atomic mass is 10.1. The van der Waals surface area contributed by atoms with E-state index in [9.17, 15) is 4.79 Å². The van der Waals surface area contributed by atoms with Gasteiger partial charge in [-0.05, 0) is 41.1 Å². The second kappa shape index (κ2) is 10.3. The van der Waals surface area contributed by atoms with Crippen LogP contribution in [0.25, 0.3) is 0 Å². The van der Waals surface area contributed by atoms with Gasteiger partial charge in [-0.15, -0.1) is 11.8 Å². The largest absolute Gasteiger partial charge is 0.372 e. The number of hydrogen-bond donors (Lipinski definition) is 1. The molecule has 0 radical (unpaired) electrons. The number of ether oxygens (including phenoxy) is 1. The molecular formula is C23H22ClNO2S. The van der Waals surface area contributed by atoms with Gasteiger partial charge in [-0.3, -0.25) is 4.79 Å². The number of amides is 1. The maximum absolute atomic E-state index is 12.4. The summed E-state index contributed by atoms with van der Waals surface area (Å²) in [6.45, 7) is 1.59. The molecule has 0 unspecified atom stereocenters. The minimum Gasteiger partial charge on any atom is -0.372 e. The zero-order valence-electron chi connectivity index (χ0n) is 15.7. The third-order valence-electron chi connectivity index (χ3n) is 4.27. The highest BCUT2D eigenvalue weighted by Crippen LogP contribution is 2.23. The van der Waals surface area contributed by atoms with Gasteiger partial charge in [0.15, 0.2) is 0 Å². The molecule has 0 spiro atoms. The molecule has 0 saturated carbocycles. The van der Waals surface area contributed by atoms with Crippen LogP contribution in [0.15, 0.2) is 77.7 Å². The Balaban J connectivity index is 1.49. The van der Waals surface area contributed by atoms with E-state index in [2.05, 4.69) is 5.32 Å². The Morgan fingerprint density at radius 1 is 0.929 bits per heavy atom. The van der Waals surface area contributed by atoms with Crippen molar-refractivity contribution in [1.29, 1.82) is 0 Å². The Labute approximate surface area is 175 Å². The highest BCUT2D eigenvalue weighted by molar-refractivity contribution is 7.98. The Bertz CT molecular complexity index is 914. The summed E-state index contributed by atoms with van der Waals surface area (Å²) in [5.41, 5.74) is 3.78. The van der Waals surface area contributed by atoms with Gasteiger partial charge in [-0.25, -0.2) is 0 Å². The summed E-state index contributed by atoms with van der Waals surface area (Å²) in [4.78, 5) is 13.4. The third-order valence-corrected chi connectivity index (χ3v) is 5.33. The second-order valence-corrected chi connectivity index (χ2v) is 7.61. The van der Waals surface area contributed by atoms with Gasteiger partial charge in [0, 0.05) is 11.4 Å². The monoisotopic (exact) mass is 411 g/mol. The lowest BCUT2D eigenvalue weighted by Gasteiger charge is -2.09. The second-order valence-electron chi connectivity index (χ2n) is 6.32. The highest BCUT2D eigenvalue weighted by atomic mass is 35.5. The smallest absolute Gasteiger partial charge is 0.253 e. The van der Waals surface area contributed by atoms with E-state index in [1.165, 1.54) is 0 Å². The van der Waals surface area contributed by atoms with Crippen molar-refractivity contribution >= 4 is 29.3 Å². The first kappa shape index (κ1) is 20.5. The molecule has 1 N–H and O–H groups in total. The van der Waals surface area contributed by atoms with Crippen molar-refractivity contribution in [2.24, 2.45) is 0 Å². The predicted octanol–water partition coefficient (Wildman–Crippen LogP) is 5.71. The van der Waals surface area contributed by atoms with E-state index < -0.39 is 0 Å². The van der Waals surface area contributed by atoms with E-state index in [4.69, 9.17) is 16.3 Å². The van der Waals surface area contributed by atoms with Crippen LogP contribution in [0.1, 0.15) is 27.0 Å². The standard InChI is InChI=1S/C23H22ClNO2S/c1-28-20-11-12-22(24)21(13-20)23(26)25-14-17-7-9-19(10-8-17)16-27-15-18-5-3-2-4-6-18/h2-13H,14-16H2,1H3,(H,25,26). The van der Waals surface area contributed by atoms with Crippen LogP contribution >= 0.6 is 23.4 Å². The van der Waals surface area contributed by atoms with Gasteiger partial charge in [-0.2, -0.15) is 0 Å². The molecule has 0 aliphatic heterocycles. The first-order chi connectivity index (χ1) is 13.7. The summed E-state index contributed by atoms with van der Waals surface area (Å²) < 4.78 is 5.75. The summed E-state index contributed by atoms with van der Waals surface area (Å²) in [7, 11) is 0. The number of hydrogen-bond acceptors (Lipinski definition) is 3. The number of carbonyl (C=O) groups excluding carboxylic acids is 1. The van der Waals surface area contributed by atoms with Crippen LogP contribution in [-0.4, -0.2) is 12.2 Å². The van der Waals surface area contributed by atoms with Crippen molar-refractivity contribution in [3.8, 4) is 0 Å². The van der Waals surface area contributed by atoms with Crippen LogP contribution in [0.4, 0.5) is 0 Å². The van der Waals surface area contributed by atoms with Gasteiger partial charge < -0.3 is 10.1 Å².